The molecule has 1 aliphatic heterocycles. The number of hydrogen-bond donors (Lipinski definition) is 1. The lowest BCUT2D eigenvalue weighted by atomic mass is 9.86. The molecule has 6 heteroatoms. The number of ketones is 1. The fourth-order valence-electron chi connectivity index (χ4n) is 3.51. The van der Waals surface area contributed by atoms with E-state index in [0.29, 0.717) is 11.6 Å². The third-order valence-corrected chi connectivity index (χ3v) is 4.90. The van der Waals surface area contributed by atoms with E-state index in [2.05, 4.69) is 11.9 Å². The molecular weight excluding hydrogens is 294 g/mol. The Morgan fingerprint density at radius 1 is 1.39 bits per heavy atom. The van der Waals surface area contributed by atoms with Gasteiger partial charge in [-0.1, -0.05) is 19.3 Å². The summed E-state index contributed by atoms with van der Waals surface area (Å²) in [5.74, 6) is -1.35. The van der Waals surface area contributed by atoms with E-state index in [-0.39, 0.29) is 24.1 Å². The molecule has 1 aromatic heterocycles. The molecule has 2 aliphatic rings. The molecule has 0 bridgehead atoms. The van der Waals surface area contributed by atoms with Crippen LogP contribution in [0.25, 0.3) is 0 Å². The molecule has 6 nitrogen and oxygen atoms in total. The molecule has 124 valence electrons. The van der Waals surface area contributed by atoms with Gasteiger partial charge in [0.1, 0.15) is 11.6 Å². The summed E-state index contributed by atoms with van der Waals surface area (Å²) in [6.07, 6.45) is 7.66. The first-order valence-corrected chi connectivity index (χ1v) is 8.30. The first-order valence-electron chi connectivity index (χ1n) is 8.30. The number of nitrogens with zero attached hydrogens (tertiary/aromatic N) is 2. The zero-order chi connectivity index (χ0) is 16.4. The van der Waals surface area contributed by atoms with Gasteiger partial charge in [-0.3, -0.25) is 24.5 Å². The van der Waals surface area contributed by atoms with Gasteiger partial charge in [0.15, 0.2) is 5.78 Å². The van der Waals surface area contributed by atoms with Crippen molar-refractivity contribution in [1.29, 1.82) is 0 Å². The summed E-state index contributed by atoms with van der Waals surface area (Å²) < 4.78 is 0. The minimum absolute atomic E-state index is 0.0325. The highest BCUT2D eigenvalue weighted by Crippen LogP contribution is 2.32. The largest absolute Gasteiger partial charge is 0.369 e. The summed E-state index contributed by atoms with van der Waals surface area (Å²) >= 11 is 0. The van der Waals surface area contributed by atoms with Gasteiger partial charge in [-0.2, -0.15) is 0 Å². The molecule has 2 heterocycles. The third kappa shape index (κ3) is 3.22. The van der Waals surface area contributed by atoms with Gasteiger partial charge in [0.2, 0.25) is 5.91 Å². The summed E-state index contributed by atoms with van der Waals surface area (Å²) in [7, 11) is 0. The van der Waals surface area contributed by atoms with Crippen molar-refractivity contribution < 1.29 is 14.4 Å². The number of aromatic nitrogens is 1. The Labute approximate surface area is 136 Å². The molecule has 1 saturated carbocycles. The molecule has 2 atom stereocenters. The van der Waals surface area contributed by atoms with E-state index in [1.165, 1.54) is 19.3 Å². The molecule has 1 aliphatic carbocycles. The molecule has 0 saturated heterocycles. The van der Waals surface area contributed by atoms with Crippen molar-refractivity contribution in [1.82, 2.24) is 4.98 Å². The number of primary amides is 1. The fourth-order valence-corrected chi connectivity index (χ4v) is 3.51. The highest BCUT2D eigenvalue weighted by molar-refractivity contribution is 6.13. The van der Waals surface area contributed by atoms with Crippen LogP contribution >= 0.6 is 0 Å². The van der Waals surface area contributed by atoms with Gasteiger partial charge in [0.05, 0.1) is 18.3 Å². The Kier molecular flexibility index (Phi) is 4.61. The molecular formula is C17H23N3O3. The maximum Gasteiger partial charge on any atom is 0.230 e. The SMILES string of the molecule is CC(ON1CC(C(N)=O)C(=O)c2ncccc21)C1CCCCC1. The number of Topliss-reactive ketones (excluding diaryl/α,β-unsaturated/α-hetero) is 1. The van der Waals surface area contributed by atoms with E-state index in [1.54, 1.807) is 23.4 Å². The highest BCUT2D eigenvalue weighted by Gasteiger charge is 2.38. The minimum Gasteiger partial charge on any atom is -0.369 e. The summed E-state index contributed by atoms with van der Waals surface area (Å²) in [6.45, 7) is 2.21. The minimum atomic E-state index is -0.907. The van der Waals surface area contributed by atoms with Crippen LogP contribution in [0.4, 0.5) is 5.69 Å². The number of pyridine rings is 1. The zero-order valence-corrected chi connectivity index (χ0v) is 13.4. The summed E-state index contributed by atoms with van der Waals surface area (Å²) in [5.41, 5.74) is 6.27. The number of rotatable bonds is 4. The fraction of sp³-hybridized carbons (Fsp3) is 0.588. The average molecular weight is 317 g/mol. The summed E-state index contributed by atoms with van der Waals surface area (Å²) in [5, 5.41) is 1.64. The predicted octanol–water partition coefficient (Wildman–Crippen LogP) is 2.09. The first-order chi connectivity index (χ1) is 11.1. The average Bonchev–Trinajstić information content (AvgIpc) is 2.58. The van der Waals surface area contributed by atoms with Crippen LogP contribution in [0.3, 0.4) is 0 Å². The topological polar surface area (TPSA) is 85.5 Å². The molecule has 0 spiro atoms. The molecule has 1 aromatic rings. The summed E-state index contributed by atoms with van der Waals surface area (Å²) in [6, 6.07) is 3.56. The Balaban J connectivity index is 1.81. The van der Waals surface area contributed by atoms with E-state index >= 15 is 0 Å². The Morgan fingerprint density at radius 2 is 2.13 bits per heavy atom. The Hall–Kier alpha value is -1.95. The number of carbonyl (C=O) groups is 2. The van der Waals surface area contributed by atoms with Crippen molar-refractivity contribution in [2.75, 3.05) is 11.6 Å². The number of anilines is 1. The molecule has 1 amide bonds. The number of amides is 1. The van der Waals surface area contributed by atoms with E-state index in [1.807, 2.05) is 0 Å². The van der Waals surface area contributed by atoms with Crippen molar-refractivity contribution >= 4 is 17.4 Å². The van der Waals surface area contributed by atoms with Crippen LogP contribution in [0.2, 0.25) is 0 Å². The second-order valence-electron chi connectivity index (χ2n) is 6.46. The van der Waals surface area contributed by atoms with Crippen LogP contribution in [-0.2, 0) is 9.63 Å². The monoisotopic (exact) mass is 317 g/mol. The van der Waals surface area contributed by atoms with Gasteiger partial charge >= 0.3 is 0 Å². The quantitative estimate of drug-likeness (QED) is 0.859. The van der Waals surface area contributed by atoms with E-state index in [9.17, 15) is 9.59 Å². The van der Waals surface area contributed by atoms with Crippen LogP contribution in [-0.4, -0.2) is 29.3 Å². The molecule has 0 radical (unpaired) electrons. The third-order valence-electron chi connectivity index (χ3n) is 4.90. The standard InChI is InChI=1S/C17H23N3O3/c1-11(12-6-3-2-4-7-12)23-20-10-13(17(18)22)16(21)15-14(20)8-5-9-19-15/h5,8-9,11-13H,2-4,6-7,10H2,1H3,(H2,18,22). The second-order valence-corrected chi connectivity index (χ2v) is 6.46. The molecule has 23 heavy (non-hydrogen) atoms. The molecule has 2 unspecified atom stereocenters. The van der Waals surface area contributed by atoms with Gasteiger partial charge in [-0.05, 0) is 37.8 Å². The predicted molar refractivity (Wildman–Crippen MR) is 85.7 cm³/mol. The number of hydroxylamine groups is 1. The lowest BCUT2D eigenvalue weighted by Gasteiger charge is -2.36. The Morgan fingerprint density at radius 3 is 2.83 bits per heavy atom. The van der Waals surface area contributed by atoms with Crippen molar-refractivity contribution in [3.63, 3.8) is 0 Å². The maximum absolute atomic E-state index is 12.3. The zero-order valence-electron chi connectivity index (χ0n) is 13.4. The normalized spacial score (nSPS) is 23.4. The lowest BCUT2D eigenvalue weighted by molar-refractivity contribution is -0.121. The second kappa shape index (κ2) is 6.66. The van der Waals surface area contributed by atoms with Crippen molar-refractivity contribution in [2.45, 2.75) is 45.1 Å². The van der Waals surface area contributed by atoms with E-state index < -0.39 is 11.8 Å². The molecule has 3 rings (SSSR count). The van der Waals surface area contributed by atoms with Crippen LogP contribution < -0.4 is 10.8 Å². The molecule has 1 fully saturated rings. The van der Waals surface area contributed by atoms with Gasteiger partial charge < -0.3 is 5.73 Å². The first kappa shape index (κ1) is 15.9. The lowest BCUT2D eigenvalue weighted by Crippen LogP contribution is -2.47. The molecule has 0 aromatic carbocycles. The van der Waals surface area contributed by atoms with Crippen molar-refractivity contribution in [3.8, 4) is 0 Å². The maximum atomic E-state index is 12.3. The van der Waals surface area contributed by atoms with Crippen LogP contribution in [0, 0.1) is 11.8 Å². The number of hydrogen-bond acceptors (Lipinski definition) is 5. The van der Waals surface area contributed by atoms with E-state index in [4.69, 9.17) is 10.6 Å². The number of carbonyl (C=O) groups excluding carboxylic acids is 2. The van der Waals surface area contributed by atoms with Crippen molar-refractivity contribution in [3.05, 3.63) is 24.0 Å². The van der Waals surface area contributed by atoms with Gasteiger partial charge in [-0.15, -0.1) is 0 Å². The molecule has 2 N–H and O–H groups in total. The van der Waals surface area contributed by atoms with Gasteiger partial charge in [0, 0.05) is 6.20 Å². The van der Waals surface area contributed by atoms with Crippen LogP contribution in [0.5, 0.6) is 0 Å². The van der Waals surface area contributed by atoms with Gasteiger partial charge in [0.25, 0.3) is 0 Å². The number of nitrogens with two attached hydrogens (primary N) is 1. The number of fused-ring (bicyclic) bond motifs is 1. The smallest absolute Gasteiger partial charge is 0.230 e. The highest BCUT2D eigenvalue weighted by atomic mass is 16.7. The Bertz CT molecular complexity index is 599. The summed E-state index contributed by atoms with van der Waals surface area (Å²) in [4.78, 5) is 34.2. The van der Waals surface area contributed by atoms with E-state index in [0.717, 1.165) is 12.8 Å². The van der Waals surface area contributed by atoms with Crippen LogP contribution in [0.1, 0.15) is 49.5 Å². The van der Waals surface area contributed by atoms with Crippen molar-refractivity contribution in [2.24, 2.45) is 17.6 Å². The van der Waals surface area contributed by atoms with Gasteiger partial charge in [-0.25, -0.2) is 0 Å². The van der Waals surface area contributed by atoms with Crippen LogP contribution in [0.15, 0.2) is 18.3 Å².